The third-order valence-electron chi connectivity index (χ3n) is 3.47. The van der Waals surface area contributed by atoms with Crippen molar-refractivity contribution in [2.75, 3.05) is 13.7 Å². The first kappa shape index (κ1) is 17.3. The van der Waals surface area contributed by atoms with Crippen molar-refractivity contribution in [2.45, 2.75) is 36.7 Å². The summed E-state index contributed by atoms with van der Waals surface area (Å²) in [6, 6.07) is 0. The number of rotatable bonds is 4. The van der Waals surface area contributed by atoms with Crippen LogP contribution < -0.4 is 5.32 Å². The van der Waals surface area contributed by atoms with Crippen molar-refractivity contribution in [1.82, 2.24) is 5.32 Å². The zero-order chi connectivity index (χ0) is 15.3. The summed E-state index contributed by atoms with van der Waals surface area (Å²) in [5.74, 6) is -2.53. The van der Waals surface area contributed by atoms with Crippen molar-refractivity contribution in [3.05, 3.63) is 0 Å². The Morgan fingerprint density at radius 3 is 2.30 bits per heavy atom. The van der Waals surface area contributed by atoms with Crippen LogP contribution in [-0.2, 0) is 14.3 Å². The van der Waals surface area contributed by atoms with Gasteiger partial charge in [-0.15, -0.1) is 0 Å². The first-order valence-electron chi connectivity index (χ1n) is 6.32. The molecule has 0 aromatic carbocycles. The second kappa shape index (κ2) is 7.28. The number of hydrogen-bond acceptors (Lipinski definition) is 3. The van der Waals surface area contributed by atoms with Crippen molar-refractivity contribution in [3.8, 4) is 0 Å². The van der Waals surface area contributed by atoms with Crippen LogP contribution in [-0.4, -0.2) is 36.5 Å². The highest BCUT2D eigenvalue weighted by molar-refractivity contribution is 9.10. The molecule has 1 aliphatic carbocycles. The topological polar surface area (TPSA) is 55.4 Å². The van der Waals surface area contributed by atoms with Crippen molar-refractivity contribution in [1.29, 1.82) is 0 Å². The second-order valence-electron chi connectivity index (χ2n) is 4.83. The molecule has 1 saturated carbocycles. The van der Waals surface area contributed by atoms with Gasteiger partial charge in [0.1, 0.15) is 4.83 Å². The predicted octanol–water partition coefficient (Wildman–Crippen LogP) is 2.41. The molecule has 1 N–H and O–H groups in total. The van der Waals surface area contributed by atoms with E-state index in [-0.39, 0.29) is 38.1 Å². The zero-order valence-electron chi connectivity index (χ0n) is 11.0. The summed E-state index contributed by atoms with van der Waals surface area (Å²) < 4.78 is 42.0. The number of carbonyl (C=O) groups excluding carboxylic acids is 2. The molecule has 0 aromatic heterocycles. The standard InChI is InChI=1S/C12H17BrF3NO3/c1-20-11(19)9(13)6-17-10(18)7-2-4-8(5-3-7)12(14,15)16/h7-9H,2-6H2,1H3,(H,17,18). The van der Waals surface area contributed by atoms with E-state index in [1.165, 1.54) is 7.11 Å². The Morgan fingerprint density at radius 1 is 1.30 bits per heavy atom. The van der Waals surface area contributed by atoms with Gasteiger partial charge < -0.3 is 10.1 Å². The lowest BCUT2D eigenvalue weighted by Crippen LogP contribution is -2.39. The van der Waals surface area contributed by atoms with E-state index in [1.807, 2.05) is 0 Å². The normalized spacial score (nSPS) is 24.9. The molecule has 116 valence electrons. The summed E-state index contributed by atoms with van der Waals surface area (Å²) in [5, 5.41) is 2.55. The van der Waals surface area contributed by atoms with Crippen molar-refractivity contribution in [3.63, 3.8) is 0 Å². The van der Waals surface area contributed by atoms with E-state index in [1.54, 1.807) is 0 Å². The van der Waals surface area contributed by atoms with Crippen LogP contribution in [0.25, 0.3) is 0 Å². The molecule has 0 heterocycles. The molecule has 0 aromatic rings. The lowest BCUT2D eigenvalue weighted by atomic mass is 9.81. The highest BCUT2D eigenvalue weighted by Gasteiger charge is 2.42. The van der Waals surface area contributed by atoms with Gasteiger partial charge >= 0.3 is 12.1 Å². The molecule has 0 spiro atoms. The first-order valence-corrected chi connectivity index (χ1v) is 7.23. The van der Waals surface area contributed by atoms with E-state index in [9.17, 15) is 22.8 Å². The van der Waals surface area contributed by atoms with Gasteiger partial charge in [0.2, 0.25) is 5.91 Å². The third-order valence-corrected chi connectivity index (χ3v) is 4.17. The molecule has 8 heteroatoms. The summed E-state index contributed by atoms with van der Waals surface area (Å²) in [7, 11) is 1.23. The molecule has 1 atom stereocenters. The van der Waals surface area contributed by atoms with E-state index < -0.39 is 28.8 Å². The summed E-state index contributed by atoms with van der Waals surface area (Å²) in [6.07, 6.45) is -3.76. The minimum Gasteiger partial charge on any atom is -0.468 e. The maximum Gasteiger partial charge on any atom is 0.391 e. The molecular weight excluding hydrogens is 343 g/mol. The average molecular weight is 360 g/mol. The molecule has 1 fully saturated rings. The van der Waals surface area contributed by atoms with Gasteiger partial charge in [-0.05, 0) is 25.7 Å². The Hall–Kier alpha value is -0.790. The van der Waals surface area contributed by atoms with Crippen LogP contribution >= 0.6 is 15.9 Å². The van der Waals surface area contributed by atoms with E-state index in [2.05, 4.69) is 26.0 Å². The van der Waals surface area contributed by atoms with Gasteiger partial charge in [-0.1, -0.05) is 15.9 Å². The van der Waals surface area contributed by atoms with E-state index in [0.29, 0.717) is 0 Å². The number of amides is 1. The number of carbonyl (C=O) groups is 2. The molecule has 0 aliphatic heterocycles. The predicted molar refractivity (Wildman–Crippen MR) is 69.2 cm³/mol. The molecule has 1 aliphatic rings. The largest absolute Gasteiger partial charge is 0.468 e. The molecule has 1 rings (SSSR count). The van der Waals surface area contributed by atoms with E-state index in [0.717, 1.165) is 0 Å². The minimum atomic E-state index is -4.17. The highest BCUT2D eigenvalue weighted by atomic mass is 79.9. The molecule has 1 unspecified atom stereocenters. The summed E-state index contributed by atoms with van der Waals surface area (Å²) in [5.41, 5.74) is 0. The molecule has 20 heavy (non-hydrogen) atoms. The highest BCUT2D eigenvalue weighted by Crippen LogP contribution is 2.39. The first-order chi connectivity index (χ1) is 9.25. The summed E-state index contributed by atoms with van der Waals surface area (Å²) in [6.45, 7) is 0.0602. The number of esters is 1. The second-order valence-corrected chi connectivity index (χ2v) is 5.93. The Bertz CT molecular complexity index is 354. The maximum atomic E-state index is 12.5. The quantitative estimate of drug-likeness (QED) is 0.619. The average Bonchev–Trinajstić information content (AvgIpc) is 2.42. The van der Waals surface area contributed by atoms with Gasteiger partial charge in [-0.3, -0.25) is 9.59 Å². The van der Waals surface area contributed by atoms with Gasteiger partial charge in [0, 0.05) is 12.5 Å². The Morgan fingerprint density at radius 2 is 1.85 bits per heavy atom. The van der Waals surface area contributed by atoms with Crippen LogP contribution in [0.15, 0.2) is 0 Å². The number of methoxy groups -OCH3 is 1. The Kier molecular flexibility index (Phi) is 6.29. The molecule has 0 saturated heterocycles. The maximum absolute atomic E-state index is 12.5. The fourth-order valence-electron chi connectivity index (χ4n) is 2.23. The molecular formula is C12H17BrF3NO3. The smallest absolute Gasteiger partial charge is 0.391 e. The number of nitrogens with one attached hydrogen (secondary N) is 1. The fourth-order valence-corrected chi connectivity index (χ4v) is 2.58. The van der Waals surface area contributed by atoms with Crippen LogP contribution in [0.3, 0.4) is 0 Å². The van der Waals surface area contributed by atoms with Crippen LogP contribution in [0.5, 0.6) is 0 Å². The lowest BCUT2D eigenvalue weighted by molar-refractivity contribution is -0.184. The van der Waals surface area contributed by atoms with E-state index in [4.69, 9.17) is 0 Å². The number of halogens is 4. The molecule has 0 radical (unpaired) electrons. The van der Waals surface area contributed by atoms with Crippen LogP contribution in [0.1, 0.15) is 25.7 Å². The van der Waals surface area contributed by atoms with Crippen LogP contribution in [0.4, 0.5) is 13.2 Å². The molecule has 4 nitrogen and oxygen atoms in total. The van der Waals surface area contributed by atoms with Crippen molar-refractivity contribution in [2.24, 2.45) is 11.8 Å². The lowest BCUT2D eigenvalue weighted by Gasteiger charge is -2.29. The van der Waals surface area contributed by atoms with Crippen LogP contribution in [0, 0.1) is 11.8 Å². The number of ether oxygens (including phenoxy) is 1. The zero-order valence-corrected chi connectivity index (χ0v) is 12.6. The van der Waals surface area contributed by atoms with Crippen molar-refractivity contribution < 1.29 is 27.5 Å². The van der Waals surface area contributed by atoms with Gasteiger partial charge in [0.15, 0.2) is 0 Å². The third kappa shape index (κ3) is 4.96. The fraction of sp³-hybridized carbons (Fsp3) is 0.833. The monoisotopic (exact) mass is 359 g/mol. The van der Waals surface area contributed by atoms with E-state index >= 15 is 0 Å². The van der Waals surface area contributed by atoms with Gasteiger partial charge in [-0.25, -0.2) is 0 Å². The van der Waals surface area contributed by atoms with Gasteiger partial charge in [-0.2, -0.15) is 13.2 Å². The SMILES string of the molecule is COC(=O)C(Br)CNC(=O)C1CCC(C(F)(F)F)CC1. The molecule has 1 amide bonds. The number of alkyl halides is 4. The van der Waals surface area contributed by atoms with Gasteiger partial charge in [0.05, 0.1) is 13.0 Å². The summed E-state index contributed by atoms with van der Waals surface area (Å²) >= 11 is 3.05. The Balaban J connectivity index is 2.35. The van der Waals surface area contributed by atoms with Crippen LogP contribution in [0.2, 0.25) is 0 Å². The minimum absolute atomic E-state index is 0.0175. The Labute approximate surface area is 123 Å². The molecule has 0 bridgehead atoms. The number of hydrogen-bond donors (Lipinski definition) is 1. The summed E-state index contributed by atoms with van der Waals surface area (Å²) in [4.78, 5) is 22.3. The van der Waals surface area contributed by atoms with Crippen molar-refractivity contribution >= 4 is 27.8 Å². The van der Waals surface area contributed by atoms with Gasteiger partial charge in [0.25, 0.3) is 0 Å².